The standard InChI is InChI=1S/C14H19N5O2/c1-10-8-19-9-11(2-3-13(19)16-10)17-12-6-15-7-14(18-12)21-5-4-20/h6-8,11,20H,2-5,9H2,1H3,(H,17,18). The maximum absolute atomic E-state index is 8.76. The molecule has 0 saturated carbocycles. The normalized spacial score (nSPS) is 17.3. The summed E-state index contributed by atoms with van der Waals surface area (Å²) < 4.78 is 7.46. The van der Waals surface area contributed by atoms with Crippen molar-refractivity contribution in [1.29, 1.82) is 0 Å². The topological polar surface area (TPSA) is 85.1 Å². The van der Waals surface area contributed by atoms with Gasteiger partial charge in [0.15, 0.2) is 0 Å². The van der Waals surface area contributed by atoms with Crippen molar-refractivity contribution in [2.45, 2.75) is 32.4 Å². The van der Waals surface area contributed by atoms with E-state index in [2.05, 4.69) is 31.0 Å². The highest BCUT2D eigenvalue weighted by molar-refractivity contribution is 5.35. The lowest BCUT2D eigenvalue weighted by molar-refractivity contribution is 0.196. The first-order valence-corrected chi connectivity index (χ1v) is 7.09. The number of nitrogens with zero attached hydrogens (tertiary/aromatic N) is 4. The van der Waals surface area contributed by atoms with Crippen molar-refractivity contribution >= 4 is 5.82 Å². The second kappa shape index (κ2) is 6.09. The van der Waals surface area contributed by atoms with E-state index in [0.29, 0.717) is 17.7 Å². The molecule has 0 bridgehead atoms. The molecule has 1 aliphatic heterocycles. The highest BCUT2D eigenvalue weighted by atomic mass is 16.5. The van der Waals surface area contributed by atoms with Gasteiger partial charge in [0.05, 0.1) is 24.7 Å². The predicted octanol–water partition coefficient (Wildman–Crippen LogP) is 0.780. The van der Waals surface area contributed by atoms with Gasteiger partial charge >= 0.3 is 0 Å². The third kappa shape index (κ3) is 3.30. The summed E-state index contributed by atoms with van der Waals surface area (Å²) in [6.45, 7) is 3.07. The molecule has 0 saturated heterocycles. The molecule has 2 aromatic rings. The molecule has 0 amide bonds. The van der Waals surface area contributed by atoms with Crippen LogP contribution in [-0.2, 0) is 13.0 Å². The Hall–Kier alpha value is -2.15. The van der Waals surface area contributed by atoms with Gasteiger partial charge in [0.1, 0.15) is 18.2 Å². The Morgan fingerprint density at radius 1 is 1.43 bits per heavy atom. The molecule has 112 valence electrons. The summed E-state index contributed by atoms with van der Waals surface area (Å²) in [5.74, 6) is 2.26. The lowest BCUT2D eigenvalue weighted by atomic mass is 10.1. The van der Waals surface area contributed by atoms with E-state index < -0.39 is 0 Å². The highest BCUT2D eigenvalue weighted by Crippen LogP contribution is 2.18. The zero-order chi connectivity index (χ0) is 14.7. The highest BCUT2D eigenvalue weighted by Gasteiger charge is 2.20. The van der Waals surface area contributed by atoms with Gasteiger partial charge in [-0.25, -0.2) is 4.98 Å². The molecule has 0 spiro atoms. The van der Waals surface area contributed by atoms with Crippen LogP contribution >= 0.6 is 0 Å². The van der Waals surface area contributed by atoms with Crippen molar-refractivity contribution in [3.8, 4) is 5.88 Å². The lowest BCUT2D eigenvalue weighted by Gasteiger charge is -2.25. The number of ether oxygens (including phenoxy) is 1. The van der Waals surface area contributed by atoms with Crippen molar-refractivity contribution in [3.05, 3.63) is 30.1 Å². The second-order valence-corrected chi connectivity index (χ2v) is 5.15. The maximum atomic E-state index is 8.76. The number of anilines is 1. The minimum Gasteiger partial charge on any atom is -0.474 e. The Morgan fingerprint density at radius 3 is 3.19 bits per heavy atom. The minimum atomic E-state index is -0.0370. The zero-order valence-electron chi connectivity index (χ0n) is 12.0. The van der Waals surface area contributed by atoms with Crippen LogP contribution < -0.4 is 10.1 Å². The average Bonchev–Trinajstić information content (AvgIpc) is 2.85. The summed E-state index contributed by atoms with van der Waals surface area (Å²) in [7, 11) is 0. The molecule has 2 aromatic heterocycles. The molecule has 2 N–H and O–H groups in total. The first kappa shape index (κ1) is 13.8. The quantitative estimate of drug-likeness (QED) is 0.846. The summed E-state index contributed by atoms with van der Waals surface area (Å²) in [4.78, 5) is 12.9. The van der Waals surface area contributed by atoms with E-state index in [1.165, 1.54) is 0 Å². The third-order valence-electron chi connectivity index (χ3n) is 3.42. The second-order valence-electron chi connectivity index (χ2n) is 5.15. The van der Waals surface area contributed by atoms with Crippen LogP contribution in [0.25, 0.3) is 0 Å². The van der Waals surface area contributed by atoms with E-state index in [-0.39, 0.29) is 13.2 Å². The van der Waals surface area contributed by atoms with E-state index in [0.717, 1.165) is 30.9 Å². The Bertz CT molecular complexity index is 613. The fourth-order valence-electron chi connectivity index (χ4n) is 2.55. The van der Waals surface area contributed by atoms with Crippen LogP contribution in [0.5, 0.6) is 5.88 Å². The predicted molar refractivity (Wildman–Crippen MR) is 77.3 cm³/mol. The number of rotatable bonds is 5. The first-order valence-electron chi connectivity index (χ1n) is 7.09. The van der Waals surface area contributed by atoms with Gasteiger partial charge in [-0.3, -0.25) is 4.98 Å². The van der Waals surface area contributed by atoms with Gasteiger partial charge in [-0.05, 0) is 13.3 Å². The molecule has 3 heterocycles. The van der Waals surface area contributed by atoms with Crippen molar-refractivity contribution in [2.24, 2.45) is 0 Å². The summed E-state index contributed by atoms with van der Waals surface area (Å²) in [5.41, 5.74) is 1.06. The Morgan fingerprint density at radius 2 is 2.33 bits per heavy atom. The smallest absolute Gasteiger partial charge is 0.234 e. The number of aromatic nitrogens is 4. The molecule has 0 fully saturated rings. The van der Waals surface area contributed by atoms with Crippen LogP contribution in [0.3, 0.4) is 0 Å². The number of nitrogens with one attached hydrogen (secondary N) is 1. The van der Waals surface area contributed by atoms with Gasteiger partial charge in [0, 0.05) is 25.2 Å². The number of fused-ring (bicyclic) bond motifs is 1. The molecule has 7 heteroatoms. The Balaban J connectivity index is 1.64. The van der Waals surface area contributed by atoms with E-state index in [4.69, 9.17) is 9.84 Å². The van der Waals surface area contributed by atoms with Crippen LogP contribution in [0.1, 0.15) is 17.9 Å². The number of aryl methyl sites for hydroxylation is 2. The van der Waals surface area contributed by atoms with Gasteiger partial charge in [0.25, 0.3) is 0 Å². The molecular weight excluding hydrogens is 270 g/mol. The summed E-state index contributed by atoms with van der Waals surface area (Å²) in [5, 5.41) is 12.1. The van der Waals surface area contributed by atoms with Crippen LogP contribution in [0.4, 0.5) is 5.82 Å². The van der Waals surface area contributed by atoms with Crippen LogP contribution in [0, 0.1) is 6.92 Å². The fourth-order valence-corrected chi connectivity index (χ4v) is 2.55. The van der Waals surface area contributed by atoms with E-state index in [9.17, 15) is 0 Å². The van der Waals surface area contributed by atoms with Crippen molar-refractivity contribution in [3.63, 3.8) is 0 Å². The largest absolute Gasteiger partial charge is 0.474 e. The van der Waals surface area contributed by atoms with E-state index in [1.54, 1.807) is 12.4 Å². The Kier molecular flexibility index (Phi) is 4.01. The molecule has 1 unspecified atom stereocenters. The average molecular weight is 289 g/mol. The van der Waals surface area contributed by atoms with Crippen molar-refractivity contribution in [1.82, 2.24) is 19.5 Å². The number of hydrogen-bond donors (Lipinski definition) is 2. The van der Waals surface area contributed by atoms with Gasteiger partial charge in [-0.15, -0.1) is 0 Å². The van der Waals surface area contributed by atoms with Crippen LogP contribution in [0.2, 0.25) is 0 Å². The maximum Gasteiger partial charge on any atom is 0.234 e. The molecule has 0 aliphatic carbocycles. The molecule has 1 atom stereocenters. The van der Waals surface area contributed by atoms with Gasteiger partial charge in [0.2, 0.25) is 5.88 Å². The lowest BCUT2D eigenvalue weighted by Crippen LogP contribution is -2.31. The molecule has 0 radical (unpaired) electrons. The van der Waals surface area contributed by atoms with E-state index in [1.807, 2.05) is 6.92 Å². The monoisotopic (exact) mass is 289 g/mol. The Labute approximate surface area is 123 Å². The molecule has 3 rings (SSSR count). The summed E-state index contributed by atoms with van der Waals surface area (Å²) in [6, 6.07) is 0.300. The van der Waals surface area contributed by atoms with Crippen molar-refractivity contribution in [2.75, 3.05) is 18.5 Å². The van der Waals surface area contributed by atoms with Gasteiger partial charge in [-0.2, -0.15) is 4.98 Å². The van der Waals surface area contributed by atoms with Crippen LogP contribution in [0.15, 0.2) is 18.6 Å². The zero-order valence-corrected chi connectivity index (χ0v) is 12.0. The van der Waals surface area contributed by atoms with Gasteiger partial charge < -0.3 is 19.7 Å². The molecular formula is C14H19N5O2. The molecule has 21 heavy (non-hydrogen) atoms. The van der Waals surface area contributed by atoms with Crippen molar-refractivity contribution < 1.29 is 9.84 Å². The number of hydrogen-bond acceptors (Lipinski definition) is 6. The van der Waals surface area contributed by atoms with Gasteiger partial charge in [-0.1, -0.05) is 0 Å². The summed E-state index contributed by atoms with van der Waals surface area (Å²) >= 11 is 0. The molecule has 0 aromatic carbocycles. The fraction of sp³-hybridized carbons (Fsp3) is 0.500. The molecule has 1 aliphatic rings. The third-order valence-corrected chi connectivity index (χ3v) is 3.42. The number of aliphatic hydroxyl groups is 1. The first-order chi connectivity index (χ1) is 10.2. The summed E-state index contributed by atoms with van der Waals surface area (Å²) in [6.07, 6.45) is 7.27. The molecule has 7 nitrogen and oxygen atoms in total. The number of imidazole rings is 1. The van der Waals surface area contributed by atoms with Crippen LogP contribution in [-0.4, -0.2) is 43.9 Å². The van der Waals surface area contributed by atoms with E-state index >= 15 is 0 Å². The SMILES string of the molecule is Cc1cn2c(n1)CCC(Nc1cncc(OCCO)n1)C2. The number of aliphatic hydroxyl groups excluding tert-OH is 1. The minimum absolute atomic E-state index is 0.0370.